The van der Waals surface area contributed by atoms with E-state index in [9.17, 15) is 0 Å². The van der Waals surface area contributed by atoms with Gasteiger partial charge in [-0.2, -0.15) is 4.98 Å². The van der Waals surface area contributed by atoms with Crippen molar-refractivity contribution in [1.29, 1.82) is 0 Å². The third kappa shape index (κ3) is 2.15. The highest BCUT2D eigenvalue weighted by Crippen LogP contribution is 2.23. The molecule has 3 rings (SSSR count). The van der Waals surface area contributed by atoms with Crippen molar-refractivity contribution in [2.45, 2.75) is 6.92 Å². The molecule has 0 aliphatic carbocycles. The van der Waals surface area contributed by atoms with Gasteiger partial charge in [0, 0.05) is 12.4 Å². The van der Waals surface area contributed by atoms with E-state index < -0.39 is 0 Å². The lowest BCUT2D eigenvalue weighted by Gasteiger charge is -1.97. The Kier molecular flexibility index (Phi) is 2.68. The summed E-state index contributed by atoms with van der Waals surface area (Å²) in [5.41, 5.74) is 8.53. The maximum atomic E-state index is 5.82. The molecule has 3 heterocycles. The topological polar surface area (TPSA) is 90.7 Å². The van der Waals surface area contributed by atoms with E-state index in [2.05, 4.69) is 20.1 Å². The average Bonchev–Trinajstić information content (AvgIpc) is 2.89. The van der Waals surface area contributed by atoms with Crippen LogP contribution >= 0.6 is 0 Å². The molecule has 0 aliphatic heterocycles. The quantitative estimate of drug-likeness (QED) is 0.751. The number of hydrogen-bond donors (Lipinski definition) is 1. The summed E-state index contributed by atoms with van der Waals surface area (Å²) in [7, 11) is 0. The van der Waals surface area contributed by atoms with E-state index in [1.54, 1.807) is 24.5 Å². The van der Waals surface area contributed by atoms with E-state index in [-0.39, 0.29) is 5.89 Å². The van der Waals surface area contributed by atoms with Crippen molar-refractivity contribution < 1.29 is 4.52 Å². The van der Waals surface area contributed by atoms with Gasteiger partial charge in [-0.15, -0.1) is 0 Å². The lowest BCUT2D eigenvalue weighted by Crippen LogP contribution is -1.92. The van der Waals surface area contributed by atoms with Crippen molar-refractivity contribution in [2.24, 2.45) is 0 Å². The number of nitrogens with zero attached hydrogens (tertiary/aromatic N) is 4. The molecule has 0 atom stereocenters. The number of aromatic nitrogens is 4. The first-order chi connectivity index (χ1) is 9.24. The molecule has 0 saturated heterocycles. The summed E-state index contributed by atoms with van der Waals surface area (Å²) < 4.78 is 5.18. The first-order valence-corrected chi connectivity index (χ1v) is 5.71. The monoisotopic (exact) mass is 253 g/mol. The Bertz CT molecular complexity index is 722. The highest BCUT2D eigenvalue weighted by molar-refractivity contribution is 5.66. The van der Waals surface area contributed by atoms with Crippen LogP contribution in [0, 0.1) is 6.92 Å². The van der Waals surface area contributed by atoms with Gasteiger partial charge < -0.3 is 10.3 Å². The van der Waals surface area contributed by atoms with Crippen LogP contribution in [0.5, 0.6) is 0 Å². The zero-order valence-electron chi connectivity index (χ0n) is 10.2. The zero-order chi connectivity index (χ0) is 13.2. The largest absolute Gasteiger partial charge is 0.397 e. The molecule has 19 heavy (non-hydrogen) atoms. The van der Waals surface area contributed by atoms with Crippen LogP contribution in [0.15, 0.2) is 41.2 Å². The molecule has 0 saturated carbocycles. The van der Waals surface area contributed by atoms with Crippen LogP contribution < -0.4 is 5.73 Å². The molecule has 3 aromatic heterocycles. The van der Waals surface area contributed by atoms with E-state index in [0.29, 0.717) is 22.9 Å². The third-order valence-electron chi connectivity index (χ3n) is 2.61. The zero-order valence-corrected chi connectivity index (χ0v) is 10.2. The summed E-state index contributed by atoms with van der Waals surface area (Å²) in [5, 5.41) is 3.90. The van der Waals surface area contributed by atoms with Crippen molar-refractivity contribution in [3.63, 3.8) is 0 Å². The third-order valence-corrected chi connectivity index (χ3v) is 2.61. The smallest absolute Gasteiger partial charge is 0.279 e. The number of anilines is 1. The molecule has 2 N–H and O–H groups in total. The molecule has 94 valence electrons. The minimum absolute atomic E-state index is 0.288. The summed E-state index contributed by atoms with van der Waals surface area (Å²) in [5.74, 6) is 0.708. The molecular formula is C13H11N5O. The maximum Gasteiger partial charge on any atom is 0.279 e. The van der Waals surface area contributed by atoms with Crippen molar-refractivity contribution in [2.75, 3.05) is 5.73 Å². The molecule has 0 bridgehead atoms. The van der Waals surface area contributed by atoms with E-state index in [1.807, 2.05) is 19.1 Å². The Hall–Kier alpha value is -2.76. The Morgan fingerprint density at radius 2 is 2.05 bits per heavy atom. The molecule has 0 spiro atoms. The van der Waals surface area contributed by atoms with Crippen molar-refractivity contribution in [3.05, 3.63) is 42.2 Å². The van der Waals surface area contributed by atoms with Crippen molar-refractivity contribution >= 4 is 5.69 Å². The van der Waals surface area contributed by atoms with Gasteiger partial charge in [-0.25, -0.2) is 4.98 Å². The highest BCUT2D eigenvalue weighted by atomic mass is 16.5. The van der Waals surface area contributed by atoms with E-state index >= 15 is 0 Å². The summed E-state index contributed by atoms with van der Waals surface area (Å²) in [6.07, 6.45) is 3.33. The second kappa shape index (κ2) is 4.49. The number of hydrogen-bond acceptors (Lipinski definition) is 6. The van der Waals surface area contributed by atoms with Crippen LogP contribution in [0.25, 0.3) is 23.1 Å². The van der Waals surface area contributed by atoms with E-state index in [1.165, 1.54) is 0 Å². The fourth-order valence-electron chi connectivity index (χ4n) is 1.68. The van der Waals surface area contributed by atoms with Gasteiger partial charge in [-0.3, -0.25) is 4.98 Å². The van der Waals surface area contributed by atoms with Crippen molar-refractivity contribution in [3.8, 4) is 23.1 Å². The fourth-order valence-corrected chi connectivity index (χ4v) is 1.68. The summed E-state index contributed by atoms with van der Waals surface area (Å²) in [6, 6.07) is 7.27. The predicted octanol–water partition coefficient (Wildman–Crippen LogP) is 2.08. The van der Waals surface area contributed by atoms with Gasteiger partial charge in [-0.1, -0.05) is 5.16 Å². The maximum absolute atomic E-state index is 5.82. The molecule has 3 aromatic rings. The Labute approximate surface area is 109 Å². The summed E-state index contributed by atoms with van der Waals surface area (Å²) in [4.78, 5) is 12.6. The van der Waals surface area contributed by atoms with Crippen LogP contribution in [-0.4, -0.2) is 20.1 Å². The Morgan fingerprint density at radius 3 is 2.84 bits per heavy atom. The number of rotatable bonds is 2. The molecule has 6 heteroatoms. The summed E-state index contributed by atoms with van der Waals surface area (Å²) in [6.45, 7) is 1.98. The Morgan fingerprint density at radius 1 is 1.16 bits per heavy atom. The number of nitrogen functional groups attached to an aromatic ring is 1. The lowest BCUT2D eigenvalue weighted by molar-refractivity contribution is 0.431. The highest BCUT2D eigenvalue weighted by Gasteiger charge is 2.14. The molecule has 0 amide bonds. The number of nitrogens with two attached hydrogens (primary N) is 1. The summed E-state index contributed by atoms with van der Waals surface area (Å²) >= 11 is 0. The molecule has 6 nitrogen and oxygen atoms in total. The molecule has 0 unspecified atom stereocenters. The standard InChI is InChI=1S/C13H11N5O/c1-8-4-6-15-10(7-8)12-17-13(19-18-12)11-9(14)3-2-5-16-11/h2-7H,14H2,1H3. The molecular weight excluding hydrogens is 242 g/mol. The number of pyridine rings is 2. The molecule has 0 fully saturated rings. The van der Waals surface area contributed by atoms with Gasteiger partial charge in [0.15, 0.2) is 5.69 Å². The van der Waals surface area contributed by atoms with Crippen molar-refractivity contribution in [1.82, 2.24) is 20.1 Å². The predicted molar refractivity (Wildman–Crippen MR) is 69.9 cm³/mol. The average molecular weight is 253 g/mol. The minimum Gasteiger partial charge on any atom is -0.397 e. The first-order valence-electron chi connectivity index (χ1n) is 5.71. The molecule has 0 aliphatic rings. The van der Waals surface area contributed by atoms with Crippen LogP contribution in [0.1, 0.15) is 5.56 Å². The molecule has 0 radical (unpaired) electrons. The second-order valence-corrected chi connectivity index (χ2v) is 4.08. The van der Waals surface area contributed by atoms with Gasteiger partial charge >= 0.3 is 0 Å². The van der Waals surface area contributed by atoms with E-state index in [4.69, 9.17) is 10.3 Å². The lowest BCUT2D eigenvalue weighted by atomic mass is 10.2. The molecule has 0 aromatic carbocycles. The van der Waals surface area contributed by atoms with E-state index in [0.717, 1.165) is 5.56 Å². The first kappa shape index (κ1) is 11.3. The van der Waals surface area contributed by atoms with Crippen LogP contribution in [0.3, 0.4) is 0 Å². The Balaban J connectivity index is 2.03. The number of aryl methyl sites for hydroxylation is 1. The second-order valence-electron chi connectivity index (χ2n) is 4.08. The van der Waals surface area contributed by atoms with Crippen LogP contribution in [0.2, 0.25) is 0 Å². The van der Waals surface area contributed by atoms with Gasteiger partial charge in [0.05, 0.1) is 5.69 Å². The van der Waals surface area contributed by atoms with Gasteiger partial charge in [0.2, 0.25) is 5.82 Å². The minimum atomic E-state index is 0.288. The normalized spacial score (nSPS) is 10.6. The SMILES string of the molecule is Cc1ccnc(-c2noc(-c3ncccc3N)n2)c1. The van der Waals surface area contributed by atoms with Crippen LogP contribution in [0.4, 0.5) is 5.69 Å². The van der Waals surface area contributed by atoms with Gasteiger partial charge in [0.1, 0.15) is 5.69 Å². The van der Waals surface area contributed by atoms with Crippen LogP contribution in [-0.2, 0) is 0 Å². The van der Waals surface area contributed by atoms with Gasteiger partial charge in [-0.05, 0) is 36.8 Å². The van der Waals surface area contributed by atoms with Gasteiger partial charge in [0.25, 0.3) is 5.89 Å². The fraction of sp³-hybridized carbons (Fsp3) is 0.0769.